The summed E-state index contributed by atoms with van der Waals surface area (Å²) in [4.78, 5) is 19.0. The van der Waals surface area contributed by atoms with Crippen LogP contribution in [0.5, 0.6) is 0 Å². The van der Waals surface area contributed by atoms with Gasteiger partial charge in [0.05, 0.1) is 6.04 Å². The Kier molecular flexibility index (Phi) is 5.20. The Bertz CT molecular complexity index is 663. The van der Waals surface area contributed by atoms with Gasteiger partial charge in [0, 0.05) is 11.8 Å². The predicted octanol–water partition coefficient (Wildman–Crippen LogP) is 2.25. The number of hydrogen-bond donors (Lipinski definition) is 1. The lowest BCUT2D eigenvalue weighted by Gasteiger charge is -2.33. The maximum Gasteiger partial charge on any atom is 0.243 e. The van der Waals surface area contributed by atoms with E-state index in [1.54, 1.807) is 5.51 Å². The molecule has 0 radical (unpaired) electrons. The highest BCUT2D eigenvalue weighted by atomic mass is 32.1. The van der Waals surface area contributed by atoms with Gasteiger partial charge in [0.25, 0.3) is 0 Å². The van der Waals surface area contributed by atoms with Crippen LogP contribution in [-0.4, -0.2) is 50.3 Å². The first kappa shape index (κ1) is 17.0. The van der Waals surface area contributed by atoms with E-state index in [1.165, 1.54) is 11.3 Å². The van der Waals surface area contributed by atoms with Crippen LogP contribution in [0.4, 0.5) is 5.13 Å². The molecule has 3 heterocycles. The van der Waals surface area contributed by atoms with E-state index in [9.17, 15) is 4.79 Å². The minimum atomic E-state index is -0.205. The molecule has 8 nitrogen and oxygen atoms in total. The summed E-state index contributed by atoms with van der Waals surface area (Å²) in [5.74, 6) is 1.98. The van der Waals surface area contributed by atoms with Gasteiger partial charge in [-0.25, -0.2) is 0 Å². The van der Waals surface area contributed by atoms with Crippen molar-refractivity contribution in [3.05, 3.63) is 17.2 Å². The van der Waals surface area contributed by atoms with Gasteiger partial charge in [-0.2, -0.15) is 4.98 Å². The van der Waals surface area contributed by atoms with Crippen LogP contribution in [0, 0.1) is 0 Å². The van der Waals surface area contributed by atoms with E-state index in [-0.39, 0.29) is 23.8 Å². The molecule has 2 aromatic rings. The van der Waals surface area contributed by atoms with Crippen molar-refractivity contribution in [2.75, 3.05) is 18.4 Å². The van der Waals surface area contributed by atoms with Crippen molar-refractivity contribution in [2.24, 2.45) is 0 Å². The smallest absolute Gasteiger partial charge is 0.243 e. The first-order valence-electron chi connectivity index (χ1n) is 8.19. The van der Waals surface area contributed by atoms with Crippen LogP contribution < -0.4 is 5.32 Å². The fourth-order valence-electron chi connectivity index (χ4n) is 2.78. The number of likely N-dealkylation sites (tertiary alicyclic amines) is 1. The van der Waals surface area contributed by atoms with Crippen LogP contribution in [0.15, 0.2) is 10.0 Å². The lowest BCUT2D eigenvalue weighted by Crippen LogP contribution is -2.45. The SMILES string of the molecule is CC(C)c1noc(C2CCN([C@@H](C)C(=O)Nc3nncs3)CC2)n1. The average Bonchev–Trinajstić information content (AvgIpc) is 3.26. The molecule has 0 aromatic carbocycles. The monoisotopic (exact) mass is 350 g/mol. The summed E-state index contributed by atoms with van der Waals surface area (Å²) in [6.07, 6.45) is 1.83. The van der Waals surface area contributed by atoms with E-state index in [1.807, 2.05) is 6.92 Å². The minimum Gasteiger partial charge on any atom is -0.339 e. The molecule has 0 saturated carbocycles. The van der Waals surface area contributed by atoms with Gasteiger partial charge in [-0.15, -0.1) is 10.2 Å². The number of aromatic nitrogens is 4. The number of carbonyl (C=O) groups is 1. The molecule has 0 unspecified atom stereocenters. The fraction of sp³-hybridized carbons (Fsp3) is 0.667. The maximum absolute atomic E-state index is 12.3. The van der Waals surface area contributed by atoms with Gasteiger partial charge < -0.3 is 4.52 Å². The van der Waals surface area contributed by atoms with Crippen molar-refractivity contribution >= 4 is 22.4 Å². The molecule has 3 rings (SSSR count). The van der Waals surface area contributed by atoms with E-state index in [0.717, 1.165) is 37.6 Å². The normalized spacial score (nSPS) is 18.0. The Hall–Kier alpha value is -1.87. The van der Waals surface area contributed by atoms with Crippen molar-refractivity contribution in [3.63, 3.8) is 0 Å². The standard InChI is InChI=1S/C15H22N6O2S/c1-9(2)12-17-14(23-20-12)11-4-6-21(7-5-11)10(3)13(22)18-15-19-16-8-24-15/h8-11H,4-7H2,1-3H3,(H,18,19,22)/t10-/m0/s1. The number of nitrogens with one attached hydrogen (secondary N) is 1. The summed E-state index contributed by atoms with van der Waals surface area (Å²) in [7, 11) is 0. The van der Waals surface area contributed by atoms with Crippen LogP contribution in [0.3, 0.4) is 0 Å². The van der Waals surface area contributed by atoms with E-state index in [0.29, 0.717) is 5.13 Å². The Balaban J connectivity index is 1.53. The van der Waals surface area contributed by atoms with Crippen molar-refractivity contribution in [3.8, 4) is 0 Å². The molecule has 1 saturated heterocycles. The molecule has 1 N–H and O–H groups in total. The van der Waals surface area contributed by atoms with Crippen LogP contribution in [0.25, 0.3) is 0 Å². The summed E-state index contributed by atoms with van der Waals surface area (Å²) in [6, 6.07) is -0.205. The van der Waals surface area contributed by atoms with Crippen LogP contribution in [0.1, 0.15) is 57.2 Å². The zero-order valence-corrected chi connectivity index (χ0v) is 14.9. The Morgan fingerprint density at radius 1 is 1.38 bits per heavy atom. The first-order valence-corrected chi connectivity index (χ1v) is 9.07. The summed E-state index contributed by atoms with van der Waals surface area (Å²) in [5.41, 5.74) is 1.60. The number of anilines is 1. The van der Waals surface area contributed by atoms with Gasteiger partial charge in [-0.3, -0.25) is 15.0 Å². The third-order valence-corrected chi connectivity index (χ3v) is 4.98. The molecule has 130 valence electrons. The molecule has 1 fully saturated rings. The minimum absolute atomic E-state index is 0.0508. The zero-order chi connectivity index (χ0) is 17.1. The fourth-order valence-corrected chi connectivity index (χ4v) is 3.23. The van der Waals surface area contributed by atoms with Crippen molar-refractivity contribution in [1.82, 2.24) is 25.2 Å². The summed E-state index contributed by atoms with van der Waals surface area (Å²) in [6.45, 7) is 7.68. The van der Waals surface area contributed by atoms with Gasteiger partial charge in [0.15, 0.2) is 5.82 Å². The van der Waals surface area contributed by atoms with Gasteiger partial charge in [-0.1, -0.05) is 30.3 Å². The molecule has 1 atom stereocenters. The van der Waals surface area contributed by atoms with Gasteiger partial charge in [0.1, 0.15) is 5.51 Å². The second-order valence-electron chi connectivity index (χ2n) is 6.36. The van der Waals surface area contributed by atoms with Gasteiger partial charge in [-0.05, 0) is 32.9 Å². The van der Waals surface area contributed by atoms with E-state index >= 15 is 0 Å². The van der Waals surface area contributed by atoms with Crippen LogP contribution >= 0.6 is 11.3 Å². The Morgan fingerprint density at radius 2 is 2.12 bits per heavy atom. The molecule has 0 aliphatic carbocycles. The molecular weight excluding hydrogens is 328 g/mol. The third-order valence-electron chi connectivity index (χ3n) is 4.37. The molecule has 1 amide bonds. The van der Waals surface area contributed by atoms with E-state index in [4.69, 9.17) is 4.52 Å². The Morgan fingerprint density at radius 3 is 2.71 bits per heavy atom. The van der Waals surface area contributed by atoms with Crippen LogP contribution in [0.2, 0.25) is 0 Å². The summed E-state index contributed by atoms with van der Waals surface area (Å²) >= 11 is 1.32. The molecule has 1 aliphatic rings. The zero-order valence-electron chi connectivity index (χ0n) is 14.1. The number of hydrogen-bond acceptors (Lipinski definition) is 8. The molecule has 0 bridgehead atoms. The lowest BCUT2D eigenvalue weighted by atomic mass is 9.95. The highest BCUT2D eigenvalue weighted by molar-refractivity contribution is 7.13. The number of carbonyl (C=O) groups excluding carboxylic acids is 1. The molecule has 2 aromatic heterocycles. The molecule has 0 spiro atoms. The molecule has 24 heavy (non-hydrogen) atoms. The topological polar surface area (TPSA) is 97.0 Å². The quantitative estimate of drug-likeness (QED) is 0.883. The van der Waals surface area contributed by atoms with Crippen molar-refractivity contribution < 1.29 is 9.32 Å². The molecule has 9 heteroatoms. The maximum atomic E-state index is 12.3. The van der Waals surface area contributed by atoms with E-state index in [2.05, 4.69) is 44.4 Å². The second-order valence-corrected chi connectivity index (χ2v) is 7.20. The third kappa shape index (κ3) is 3.78. The molecule has 1 aliphatic heterocycles. The highest BCUT2D eigenvalue weighted by Crippen LogP contribution is 2.28. The lowest BCUT2D eigenvalue weighted by molar-refractivity contribution is -0.121. The van der Waals surface area contributed by atoms with Crippen molar-refractivity contribution in [2.45, 2.75) is 51.5 Å². The van der Waals surface area contributed by atoms with Gasteiger partial charge in [0.2, 0.25) is 16.9 Å². The van der Waals surface area contributed by atoms with Crippen molar-refractivity contribution in [1.29, 1.82) is 0 Å². The summed E-state index contributed by atoms with van der Waals surface area (Å²) < 4.78 is 5.41. The average molecular weight is 350 g/mol. The highest BCUT2D eigenvalue weighted by Gasteiger charge is 2.30. The number of piperidine rings is 1. The van der Waals surface area contributed by atoms with E-state index < -0.39 is 0 Å². The molecular formula is C15H22N6O2S. The number of amides is 1. The largest absolute Gasteiger partial charge is 0.339 e. The number of rotatable bonds is 5. The second kappa shape index (κ2) is 7.35. The summed E-state index contributed by atoms with van der Waals surface area (Å²) in [5, 5.41) is 14.9. The van der Waals surface area contributed by atoms with Crippen LogP contribution in [-0.2, 0) is 4.79 Å². The Labute approximate surface area is 144 Å². The predicted molar refractivity (Wildman–Crippen MR) is 89.9 cm³/mol. The first-order chi connectivity index (χ1) is 11.5. The van der Waals surface area contributed by atoms with Gasteiger partial charge >= 0.3 is 0 Å². The number of nitrogens with zero attached hydrogens (tertiary/aromatic N) is 5.